The Morgan fingerprint density at radius 2 is 2.00 bits per heavy atom. The zero-order valence-electron chi connectivity index (χ0n) is 8.16. The van der Waals surface area contributed by atoms with Gasteiger partial charge in [-0.25, -0.2) is 9.97 Å². The third-order valence-electron chi connectivity index (χ3n) is 1.51. The van der Waals surface area contributed by atoms with E-state index in [0.29, 0.717) is 16.8 Å². The molecule has 6 heteroatoms. The number of anilines is 2. The normalized spacial score (nSPS) is 10.4. The first-order valence-electron chi connectivity index (χ1n) is 4.46. The lowest BCUT2D eigenvalue weighted by molar-refractivity contribution is 0.767. The van der Waals surface area contributed by atoms with Crippen molar-refractivity contribution in [2.24, 2.45) is 0 Å². The van der Waals surface area contributed by atoms with E-state index in [0.717, 1.165) is 18.8 Å². The first kappa shape index (κ1) is 11.1. The monoisotopic (exact) mass is 213 g/mol. The summed E-state index contributed by atoms with van der Waals surface area (Å²) in [5, 5.41) is 3.85. The second-order valence-corrected chi connectivity index (χ2v) is 3.76. The fourth-order valence-electron chi connectivity index (χ4n) is 0.918. The molecule has 0 fully saturated rings. The Morgan fingerprint density at radius 3 is 2.57 bits per heavy atom. The van der Waals surface area contributed by atoms with Crippen LogP contribution in [0.4, 0.5) is 11.6 Å². The number of nitrogens with two attached hydrogens (primary N) is 2. The molecule has 0 amide bonds. The van der Waals surface area contributed by atoms with E-state index < -0.39 is 0 Å². The van der Waals surface area contributed by atoms with E-state index in [-0.39, 0.29) is 0 Å². The molecule has 0 saturated carbocycles. The van der Waals surface area contributed by atoms with Crippen LogP contribution in [0.5, 0.6) is 0 Å². The van der Waals surface area contributed by atoms with Gasteiger partial charge in [0.1, 0.15) is 11.6 Å². The third kappa shape index (κ3) is 3.80. The fourth-order valence-corrected chi connectivity index (χ4v) is 1.69. The van der Waals surface area contributed by atoms with Gasteiger partial charge in [0.05, 0.1) is 0 Å². The van der Waals surface area contributed by atoms with Gasteiger partial charge in [-0.3, -0.25) is 0 Å². The molecule has 78 valence electrons. The van der Waals surface area contributed by atoms with E-state index in [9.17, 15) is 0 Å². The molecule has 0 spiro atoms. The highest BCUT2D eigenvalue weighted by atomic mass is 32.2. The number of nitrogen functional groups attached to an aromatic ring is 2. The number of aromatic nitrogens is 2. The lowest BCUT2D eigenvalue weighted by Crippen LogP contribution is -2.16. The first-order chi connectivity index (χ1) is 6.72. The van der Waals surface area contributed by atoms with E-state index in [1.54, 1.807) is 17.8 Å². The number of hydrogen-bond donors (Lipinski definition) is 3. The molecular weight excluding hydrogens is 198 g/mol. The zero-order valence-corrected chi connectivity index (χ0v) is 8.97. The highest BCUT2D eigenvalue weighted by Gasteiger charge is 2.00. The molecule has 0 bridgehead atoms. The predicted octanol–water partition coefficient (Wildman–Crippen LogP) is 0.343. The number of nitrogens with zero attached hydrogens (tertiary/aromatic N) is 2. The van der Waals surface area contributed by atoms with Crippen molar-refractivity contribution < 1.29 is 0 Å². The summed E-state index contributed by atoms with van der Waals surface area (Å²) < 4.78 is 0. The largest absolute Gasteiger partial charge is 0.383 e. The molecule has 1 aromatic heterocycles. The summed E-state index contributed by atoms with van der Waals surface area (Å²) in [5.41, 5.74) is 11.1. The number of nitrogens with one attached hydrogen (secondary N) is 1. The predicted molar refractivity (Wildman–Crippen MR) is 60.1 cm³/mol. The van der Waals surface area contributed by atoms with Crippen LogP contribution in [0.3, 0.4) is 0 Å². The molecule has 1 rings (SSSR count). The molecule has 0 aromatic carbocycles. The highest BCUT2D eigenvalue weighted by Crippen LogP contribution is 2.15. The molecule has 1 heterocycles. The Morgan fingerprint density at radius 1 is 1.36 bits per heavy atom. The van der Waals surface area contributed by atoms with E-state index >= 15 is 0 Å². The van der Waals surface area contributed by atoms with Crippen molar-refractivity contribution in [1.29, 1.82) is 0 Å². The molecule has 0 aliphatic heterocycles. The summed E-state index contributed by atoms with van der Waals surface area (Å²) in [6, 6.07) is 1.55. The van der Waals surface area contributed by atoms with Crippen molar-refractivity contribution in [1.82, 2.24) is 15.3 Å². The van der Waals surface area contributed by atoms with Crippen LogP contribution in [-0.2, 0) is 0 Å². The second kappa shape index (κ2) is 5.66. The van der Waals surface area contributed by atoms with Gasteiger partial charge in [-0.2, -0.15) is 0 Å². The van der Waals surface area contributed by atoms with E-state index in [1.165, 1.54) is 0 Å². The summed E-state index contributed by atoms with van der Waals surface area (Å²) in [6.45, 7) is 3.97. The number of thioether (sulfide) groups is 1. The van der Waals surface area contributed by atoms with Gasteiger partial charge in [-0.1, -0.05) is 18.7 Å². The van der Waals surface area contributed by atoms with E-state index in [2.05, 4.69) is 22.2 Å². The molecule has 5 N–H and O–H groups in total. The zero-order chi connectivity index (χ0) is 10.4. The number of rotatable bonds is 5. The van der Waals surface area contributed by atoms with E-state index in [1.807, 2.05) is 0 Å². The SMILES string of the molecule is CCNCCSc1nc(N)cc(N)n1. The van der Waals surface area contributed by atoms with Gasteiger partial charge >= 0.3 is 0 Å². The average Bonchev–Trinajstić information content (AvgIpc) is 2.11. The molecule has 14 heavy (non-hydrogen) atoms. The Kier molecular flexibility index (Phi) is 4.48. The highest BCUT2D eigenvalue weighted by molar-refractivity contribution is 7.99. The summed E-state index contributed by atoms with van der Waals surface area (Å²) in [5.74, 6) is 1.75. The maximum atomic E-state index is 5.53. The second-order valence-electron chi connectivity index (χ2n) is 2.70. The summed E-state index contributed by atoms with van der Waals surface area (Å²) in [7, 11) is 0. The summed E-state index contributed by atoms with van der Waals surface area (Å²) in [6.07, 6.45) is 0. The minimum absolute atomic E-state index is 0.420. The maximum Gasteiger partial charge on any atom is 0.191 e. The van der Waals surface area contributed by atoms with Crippen molar-refractivity contribution in [3.63, 3.8) is 0 Å². The summed E-state index contributed by atoms with van der Waals surface area (Å²) >= 11 is 1.54. The molecule has 0 radical (unpaired) electrons. The lowest BCUT2D eigenvalue weighted by Gasteiger charge is -2.02. The minimum atomic E-state index is 0.420. The standard InChI is InChI=1S/C8H15N5S/c1-2-11-3-4-14-8-12-6(9)5-7(10)13-8/h5,11H,2-4H2,1H3,(H4,9,10,12,13). The molecule has 0 unspecified atom stereocenters. The molecule has 0 atom stereocenters. The van der Waals surface area contributed by atoms with Crippen molar-refractivity contribution in [3.05, 3.63) is 6.07 Å². The van der Waals surface area contributed by atoms with Crippen LogP contribution in [0.25, 0.3) is 0 Å². The van der Waals surface area contributed by atoms with Gasteiger partial charge < -0.3 is 16.8 Å². The number of hydrogen-bond acceptors (Lipinski definition) is 6. The van der Waals surface area contributed by atoms with Gasteiger partial charge in [0.15, 0.2) is 5.16 Å². The van der Waals surface area contributed by atoms with Crippen molar-refractivity contribution in [2.45, 2.75) is 12.1 Å². The van der Waals surface area contributed by atoms with Gasteiger partial charge in [0, 0.05) is 18.4 Å². The Bertz CT molecular complexity index is 271. The van der Waals surface area contributed by atoms with E-state index in [4.69, 9.17) is 11.5 Å². The Hall–Kier alpha value is -1.01. The quantitative estimate of drug-likeness (QED) is 0.371. The molecule has 0 saturated heterocycles. The van der Waals surface area contributed by atoms with Crippen LogP contribution < -0.4 is 16.8 Å². The van der Waals surface area contributed by atoms with Crippen LogP contribution in [0.2, 0.25) is 0 Å². The van der Waals surface area contributed by atoms with Crippen LogP contribution in [0, 0.1) is 0 Å². The lowest BCUT2D eigenvalue weighted by atomic mass is 10.5. The van der Waals surface area contributed by atoms with Crippen LogP contribution in [0.1, 0.15) is 6.92 Å². The molecule has 0 aliphatic carbocycles. The molecular formula is C8H15N5S. The topological polar surface area (TPSA) is 89.8 Å². The summed E-state index contributed by atoms with van der Waals surface area (Å²) in [4.78, 5) is 8.11. The van der Waals surface area contributed by atoms with Crippen molar-refractivity contribution in [3.8, 4) is 0 Å². The van der Waals surface area contributed by atoms with Crippen LogP contribution in [-0.4, -0.2) is 28.8 Å². The molecule has 0 aliphatic rings. The Balaban J connectivity index is 2.42. The Labute approximate surface area is 87.7 Å². The third-order valence-corrected chi connectivity index (χ3v) is 2.35. The molecule has 1 aromatic rings. The van der Waals surface area contributed by atoms with Crippen molar-refractivity contribution in [2.75, 3.05) is 30.3 Å². The average molecular weight is 213 g/mol. The van der Waals surface area contributed by atoms with Crippen LogP contribution >= 0.6 is 11.8 Å². The van der Waals surface area contributed by atoms with Gasteiger partial charge in [0.25, 0.3) is 0 Å². The van der Waals surface area contributed by atoms with Gasteiger partial charge in [-0.15, -0.1) is 0 Å². The van der Waals surface area contributed by atoms with Crippen molar-refractivity contribution >= 4 is 23.4 Å². The van der Waals surface area contributed by atoms with Crippen LogP contribution in [0.15, 0.2) is 11.2 Å². The van der Waals surface area contributed by atoms with Gasteiger partial charge in [0.2, 0.25) is 0 Å². The van der Waals surface area contributed by atoms with Gasteiger partial charge in [-0.05, 0) is 6.54 Å². The first-order valence-corrected chi connectivity index (χ1v) is 5.44. The smallest absolute Gasteiger partial charge is 0.191 e. The maximum absolute atomic E-state index is 5.53. The fraction of sp³-hybridized carbons (Fsp3) is 0.500. The minimum Gasteiger partial charge on any atom is -0.383 e. The molecule has 5 nitrogen and oxygen atoms in total.